The highest BCUT2D eigenvalue weighted by molar-refractivity contribution is 6.30. The summed E-state index contributed by atoms with van der Waals surface area (Å²) in [6.45, 7) is 1.82. The van der Waals surface area contributed by atoms with Gasteiger partial charge in [0.05, 0.1) is 0 Å². The monoisotopic (exact) mass is 332 g/mol. The van der Waals surface area contributed by atoms with E-state index in [1.807, 2.05) is 25.1 Å². The summed E-state index contributed by atoms with van der Waals surface area (Å²) in [7, 11) is 0. The van der Waals surface area contributed by atoms with Crippen LogP contribution in [0.5, 0.6) is 5.75 Å². The number of amides is 2. The lowest BCUT2D eigenvalue weighted by Gasteiger charge is -2.11. The number of rotatable bonds is 5. The molecule has 0 aromatic heterocycles. The Morgan fingerprint density at radius 2 is 1.87 bits per heavy atom. The number of para-hydroxylation sites is 1. The molecule has 2 aromatic rings. The molecule has 2 N–H and O–H groups in total. The van der Waals surface area contributed by atoms with E-state index in [-0.39, 0.29) is 6.61 Å². The van der Waals surface area contributed by atoms with Crippen LogP contribution in [0, 0.1) is 0 Å². The second-order valence-corrected chi connectivity index (χ2v) is 5.20. The smallest absolute Gasteiger partial charge is 0.276 e. The molecular formula is C17H17ClN2O3. The van der Waals surface area contributed by atoms with Crippen LogP contribution < -0.4 is 15.6 Å². The topological polar surface area (TPSA) is 67.4 Å². The molecule has 5 nitrogen and oxygen atoms in total. The van der Waals surface area contributed by atoms with Crippen LogP contribution in [-0.2, 0) is 11.2 Å². The second-order valence-electron chi connectivity index (χ2n) is 4.76. The molecule has 0 radical (unpaired) electrons. The summed E-state index contributed by atoms with van der Waals surface area (Å²) in [5.41, 5.74) is 5.99. The number of carbonyl (C=O) groups excluding carboxylic acids is 2. The molecule has 2 rings (SSSR count). The summed E-state index contributed by atoms with van der Waals surface area (Å²) in [4.78, 5) is 23.6. The summed E-state index contributed by atoms with van der Waals surface area (Å²) in [5, 5.41) is 0.448. The predicted octanol–water partition coefficient (Wildman–Crippen LogP) is 2.74. The molecule has 23 heavy (non-hydrogen) atoms. The van der Waals surface area contributed by atoms with E-state index in [1.165, 1.54) is 6.07 Å². The standard InChI is InChI=1S/C17H17ClN2O3/c1-2-12-6-3-4-9-15(12)23-11-16(21)19-20-17(22)13-7-5-8-14(18)10-13/h3-10H,2,11H2,1H3,(H,19,21)(H,20,22). The molecule has 120 valence electrons. The number of benzene rings is 2. The van der Waals surface area contributed by atoms with E-state index in [0.717, 1.165) is 12.0 Å². The molecule has 0 aliphatic rings. The second kappa shape index (κ2) is 8.19. The fourth-order valence-electron chi connectivity index (χ4n) is 1.94. The lowest BCUT2D eigenvalue weighted by Crippen LogP contribution is -2.43. The highest BCUT2D eigenvalue weighted by Gasteiger charge is 2.09. The molecule has 6 heteroatoms. The zero-order valence-corrected chi connectivity index (χ0v) is 13.4. The maximum absolute atomic E-state index is 11.9. The number of hydrogen-bond donors (Lipinski definition) is 2. The summed E-state index contributed by atoms with van der Waals surface area (Å²) >= 11 is 5.81. The molecule has 0 unspecified atom stereocenters. The lowest BCUT2D eigenvalue weighted by molar-refractivity contribution is -0.123. The van der Waals surface area contributed by atoms with Gasteiger partial charge in [-0.05, 0) is 36.2 Å². The Balaban J connectivity index is 1.82. The number of ether oxygens (including phenoxy) is 1. The van der Waals surface area contributed by atoms with Gasteiger partial charge in [0.25, 0.3) is 11.8 Å². The molecule has 0 saturated carbocycles. The van der Waals surface area contributed by atoms with Gasteiger partial charge < -0.3 is 4.74 Å². The van der Waals surface area contributed by atoms with Crippen LogP contribution in [0.4, 0.5) is 0 Å². The first kappa shape index (κ1) is 16.8. The van der Waals surface area contributed by atoms with Crippen LogP contribution in [-0.4, -0.2) is 18.4 Å². The maximum Gasteiger partial charge on any atom is 0.276 e. The predicted molar refractivity (Wildman–Crippen MR) is 88.4 cm³/mol. The quantitative estimate of drug-likeness (QED) is 0.827. The minimum atomic E-state index is -0.453. The molecule has 0 aliphatic carbocycles. The van der Waals surface area contributed by atoms with E-state index in [1.54, 1.807) is 24.3 Å². The average molecular weight is 333 g/mol. The molecule has 0 fully saturated rings. The van der Waals surface area contributed by atoms with Crippen molar-refractivity contribution in [3.05, 3.63) is 64.7 Å². The number of halogens is 1. The molecular weight excluding hydrogens is 316 g/mol. The zero-order valence-electron chi connectivity index (χ0n) is 12.6. The van der Waals surface area contributed by atoms with E-state index in [9.17, 15) is 9.59 Å². The molecule has 0 atom stereocenters. The fraction of sp³-hybridized carbons (Fsp3) is 0.176. The highest BCUT2D eigenvalue weighted by atomic mass is 35.5. The van der Waals surface area contributed by atoms with Crippen molar-refractivity contribution in [3.8, 4) is 5.75 Å². The normalized spacial score (nSPS) is 10.0. The van der Waals surface area contributed by atoms with Crippen molar-refractivity contribution in [1.82, 2.24) is 10.9 Å². The Labute approximate surface area is 139 Å². The van der Waals surface area contributed by atoms with E-state index in [0.29, 0.717) is 16.3 Å². The first-order valence-corrected chi connectivity index (χ1v) is 7.53. The van der Waals surface area contributed by atoms with Crippen molar-refractivity contribution >= 4 is 23.4 Å². The van der Waals surface area contributed by atoms with Gasteiger partial charge in [0.1, 0.15) is 5.75 Å². The van der Waals surface area contributed by atoms with Crippen LogP contribution >= 0.6 is 11.6 Å². The number of aryl methyl sites for hydroxylation is 1. The van der Waals surface area contributed by atoms with Crippen molar-refractivity contribution in [2.45, 2.75) is 13.3 Å². The minimum absolute atomic E-state index is 0.188. The van der Waals surface area contributed by atoms with E-state index in [2.05, 4.69) is 10.9 Å². The first-order valence-electron chi connectivity index (χ1n) is 7.15. The SMILES string of the molecule is CCc1ccccc1OCC(=O)NNC(=O)c1cccc(Cl)c1. The van der Waals surface area contributed by atoms with Gasteiger partial charge in [0.15, 0.2) is 6.61 Å². The van der Waals surface area contributed by atoms with Gasteiger partial charge in [0.2, 0.25) is 0 Å². The first-order chi connectivity index (χ1) is 11.1. The van der Waals surface area contributed by atoms with Gasteiger partial charge >= 0.3 is 0 Å². The van der Waals surface area contributed by atoms with Crippen LogP contribution in [0.25, 0.3) is 0 Å². The molecule has 0 aliphatic heterocycles. The van der Waals surface area contributed by atoms with E-state index >= 15 is 0 Å². The largest absolute Gasteiger partial charge is 0.483 e. The Morgan fingerprint density at radius 3 is 2.61 bits per heavy atom. The summed E-state index contributed by atoms with van der Waals surface area (Å²) < 4.78 is 5.46. The van der Waals surface area contributed by atoms with E-state index < -0.39 is 11.8 Å². The Kier molecular flexibility index (Phi) is 6.00. The molecule has 0 heterocycles. The van der Waals surface area contributed by atoms with Crippen LogP contribution in [0.3, 0.4) is 0 Å². The summed E-state index contributed by atoms with van der Waals surface area (Å²) in [6, 6.07) is 13.9. The van der Waals surface area contributed by atoms with Gasteiger partial charge in [0, 0.05) is 10.6 Å². The molecule has 2 aromatic carbocycles. The van der Waals surface area contributed by atoms with Crippen LogP contribution in [0.15, 0.2) is 48.5 Å². The summed E-state index contributed by atoms with van der Waals surface area (Å²) in [6.07, 6.45) is 0.809. The number of hydrazine groups is 1. The summed E-state index contributed by atoms with van der Waals surface area (Å²) in [5.74, 6) is -0.243. The third-order valence-electron chi connectivity index (χ3n) is 3.11. The van der Waals surface area contributed by atoms with Gasteiger partial charge in [-0.1, -0.05) is 42.8 Å². The zero-order chi connectivity index (χ0) is 16.7. The molecule has 0 bridgehead atoms. The van der Waals surface area contributed by atoms with Gasteiger partial charge in [-0.25, -0.2) is 0 Å². The van der Waals surface area contributed by atoms with Crippen molar-refractivity contribution in [3.63, 3.8) is 0 Å². The molecule has 0 spiro atoms. The van der Waals surface area contributed by atoms with Crippen molar-refractivity contribution in [2.75, 3.05) is 6.61 Å². The average Bonchev–Trinajstić information content (AvgIpc) is 2.58. The number of hydrogen-bond acceptors (Lipinski definition) is 3. The fourth-order valence-corrected chi connectivity index (χ4v) is 2.13. The third-order valence-corrected chi connectivity index (χ3v) is 3.35. The van der Waals surface area contributed by atoms with E-state index in [4.69, 9.17) is 16.3 Å². The van der Waals surface area contributed by atoms with Crippen LogP contribution in [0.2, 0.25) is 5.02 Å². The van der Waals surface area contributed by atoms with Crippen LogP contribution in [0.1, 0.15) is 22.8 Å². The minimum Gasteiger partial charge on any atom is -0.483 e. The maximum atomic E-state index is 11.9. The number of carbonyl (C=O) groups is 2. The van der Waals surface area contributed by atoms with Crippen molar-refractivity contribution in [1.29, 1.82) is 0 Å². The van der Waals surface area contributed by atoms with Crippen molar-refractivity contribution in [2.24, 2.45) is 0 Å². The lowest BCUT2D eigenvalue weighted by atomic mass is 10.1. The highest BCUT2D eigenvalue weighted by Crippen LogP contribution is 2.17. The van der Waals surface area contributed by atoms with Gasteiger partial charge in [-0.3, -0.25) is 20.4 Å². The van der Waals surface area contributed by atoms with Crippen molar-refractivity contribution < 1.29 is 14.3 Å². The number of nitrogens with one attached hydrogen (secondary N) is 2. The third kappa shape index (κ3) is 5.00. The molecule has 0 saturated heterocycles. The molecule has 2 amide bonds. The Morgan fingerprint density at radius 1 is 1.09 bits per heavy atom. The Hall–Kier alpha value is -2.53. The Bertz CT molecular complexity index is 704. The van der Waals surface area contributed by atoms with Gasteiger partial charge in [-0.2, -0.15) is 0 Å². The van der Waals surface area contributed by atoms with Gasteiger partial charge in [-0.15, -0.1) is 0 Å².